The van der Waals surface area contributed by atoms with Gasteiger partial charge in [0.2, 0.25) is 0 Å². The molecule has 5 atom stereocenters. The molecular formula is C29H30O10. The summed E-state index contributed by atoms with van der Waals surface area (Å²) >= 11 is 0. The van der Waals surface area contributed by atoms with Crippen LogP contribution in [0.1, 0.15) is 35.5 Å². The average molecular weight is 539 g/mol. The van der Waals surface area contributed by atoms with E-state index in [1.165, 1.54) is 31.4 Å². The number of benzene rings is 2. The Morgan fingerprint density at radius 3 is 2.46 bits per heavy atom. The molecule has 0 aliphatic carbocycles. The topological polar surface area (TPSA) is 156 Å². The van der Waals surface area contributed by atoms with Crippen molar-refractivity contribution in [2.75, 3.05) is 13.7 Å². The standard InChI is InChI=1S/C29H30O10/c1-4-5-18-13-19(32)23-15(2)12-20(36-3)24(27(23)37-18)28-29(26(35)25(34)21(14-30)38-28)39-22(33)11-8-16-6-9-17(31)10-7-16/h4-13,21,25-26,28-31,34-35H,14H2,1-3H3. The number of phenols is 1. The molecule has 1 aliphatic heterocycles. The van der Waals surface area contributed by atoms with Crippen LogP contribution in [0.15, 0.2) is 57.8 Å². The van der Waals surface area contributed by atoms with E-state index in [1.807, 2.05) is 0 Å². The third kappa shape index (κ3) is 5.74. The molecule has 10 nitrogen and oxygen atoms in total. The maximum Gasteiger partial charge on any atom is 0.331 e. The van der Waals surface area contributed by atoms with Crippen LogP contribution in [0.25, 0.3) is 23.1 Å². The number of carbonyl (C=O) groups excluding carboxylic acids is 1. The van der Waals surface area contributed by atoms with Gasteiger partial charge in [-0.1, -0.05) is 18.2 Å². The smallest absolute Gasteiger partial charge is 0.331 e. The molecule has 10 heteroatoms. The van der Waals surface area contributed by atoms with E-state index in [-0.39, 0.29) is 39.2 Å². The Labute approximate surface area is 224 Å². The fourth-order valence-electron chi connectivity index (χ4n) is 4.60. The summed E-state index contributed by atoms with van der Waals surface area (Å²) in [5, 5.41) is 41.1. The molecule has 1 saturated heterocycles. The zero-order chi connectivity index (χ0) is 28.3. The predicted octanol–water partition coefficient (Wildman–Crippen LogP) is 2.63. The number of rotatable bonds is 7. The lowest BCUT2D eigenvalue weighted by molar-refractivity contribution is -0.239. The van der Waals surface area contributed by atoms with Crippen LogP contribution < -0.4 is 10.2 Å². The second-order valence-electron chi connectivity index (χ2n) is 9.11. The second-order valence-corrected chi connectivity index (χ2v) is 9.11. The summed E-state index contributed by atoms with van der Waals surface area (Å²) in [7, 11) is 1.40. The van der Waals surface area contributed by atoms with E-state index < -0.39 is 43.1 Å². The molecule has 0 spiro atoms. The molecule has 2 heterocycles. The van der Waals surface area contributed by atoms with E-state index in [9.17, 15) is 30.0 Å². The number of hydrogen-bond donors (Lipinski definition) is 4. The highest BCUT2D eigenvalue weighted by Crippen LogP contribution is 2.43. The van der Waals surface area contributed by atoms with Crippen molar-refractivity contribution in [3.05, 3.63) is 81.2 Å². The largest absolute Gasteiger partial charge is 0.508 e. The summed E-state index contributed by atoms with van der Waals surface area (Å²) < 4.78 is 23.2. The number of hydrogen-bond acceptors (Lipinski definition) is 10. The molecule has 3 aromatic rings. The number of aryl methyl sites for hydroxylation is 1. The van der Waals surface area contributed by atoms with Crippen LogP contribution in [0.2, 0.25) is 0 Å². The van der Waals surface area contributed by atoms with Gasteiger partial charge < -0.3 is 39.1 Å². The SMILES string of the molecule is CC=Cc1cc(=O)c2c(C)cc(OC)c(C3OC(CO)C(O)C(O)C3OC(=O)C=Cc3ccc(O)cc3)c2o1. The molecule has 4 rings (SSSR count). The zero-order valence-electron chi connectivity index (χ0n) is 21.6. The average Bonchev–Trinajstić information content (AvgIpc) is 2.91. The van der Waals surface area contributed by atoms with Crippen LogP contribution in [0, 0.1) is 6.92 Å². The monoisotopic (exact) mass is 538 g/mol. The maximum absolute atomic E-state index is 13.1. The Morgan fingerprint density at radius 1 is 1.10 bits per heavy atom. The fraction of sp³-hybridized carbons (Fsp3) is 0.310. The number of methoxy groups -OCH3 is 1. The Morgan fingerprint density at radius 2 is 1.82 bits per heavy atom. The minimum absolute atomic E-state index is 0.0657. The van der Waals surface area contributed by atoms with Gasteiger partial charge in [-0.25, -0.2) is 4.79 Å². The van der Waals surface area contributed by atoms with Gasteiger partial charge in [-0.2, -0.15) is 0 Å². The molecular weight excluding hydrogens is 508 g/mol. The number of aliphatic hydroxyl groups excluding tert-OH is 3. The minimum Gasteiger partial charge on any atom is -0.508 e. The van der Waals surface area contributed by atoms with Crippen molar-refractivity contribution in [2.45, 2.75) is 44.4 Å². The molecule has 206 valence electrons. The lowest BCUT2D eigenvalue weighted by Gasteiger charge is -2.42. The van der Waals surface area contributed by atoms with Gasteiger partial charge in [0.1, 0.15) is 47.3 Å². The van der Waals surface area contributed by atoms with Crippen molar-refractivity contribution >= 4 is 29.1 Å². The van der Waals surface area contributed by atoms with Crippen LogP contribution in [-0.2, 0) is 14.3 Å². The van der Waals surface area contributed by atoms with Crippen LogP contribution in [-0.4, -0.2) is 64.5 Å². The molecule has 0 radical (unpaired) electrons. The number of fused-ring (bicyclic) bond motifs is 1. The van der Waals surface area contributed by atoms with Crippen molar-refractivity contribution in [3.63, 3.8) is 0 Å². The van der Waals surface area contributed by atoms with Crippen molar-refractivity contribution < 1.29 is 43.8 Å². The van der Waals surface area contributed by atoms with Gasteiger partial charge in [-0.15, -0.1) is 0 Å². The van der Waals surface area contributed by atoms with Gasteiger partial charge in [0.05, 0.1) is 24.7 Å². The van der Waals surface area contributed by atoms with Crippen molar-refractivity contribution in [3.8, 4) is 11.5 Å². The van der Waals surface area contributed by atoms with Gasteiger partial charge in [-0.05, 0) is 55.3 Å². The van der Waals surface area contributed by atoms with E-state index in [4.69, 9.17) is 18.6 Å². The first-order valence-electron chi connectivity index (χ1n) is 12.3. The van der Waals surface area contributed by atoms with Crippen molar-refractivity contribution in [1.29, 1.82) is 0 Å². The van der Waals surface area contributed by atoms with Crippen LogP contribution >= 0.6 is 0 Å². The Bertz CT molecular complexity index is 1450. The Hall–Kier alpha value is -3.96. The summed E-state index contributed by atoms with van der Waals surface area (Å²) in [5.41, 5.74) is 1.11. The molecule has 39 heavy (non-hydrogen) atoms. The molecule has 5 unspecified atom stereocenters. The molecule has 1 aromatic heterocycles. The number of ether oxygens (including phenoxy) is 3. The number of carbonyl (C=O) groups is 1. The second kappa shape index (κ2) is 11.8. The van der Waals surface area contributed by atoms with Gasteiger partial charge in [0.15, 0.2) is 11.5 Å². The number of aliphatic hydroxyl groups is 3. The highest BCUT2D eigenvalue weighted by Gasteiger charge is 2.48. The van der Waals surface area contributed by atoms with Gasteiger partial charge in [0, 0.05) is 12.1 Å². The molecule has 0 saturated carbocycles. The highest BCUT2D eigenvalue weighted by molar-refractivity contribution is 5.88. The molecule has 0 bridgehead atoms. The fourth-order valence-corrected chi connectivity index (χ4v) is 4.60. The van der Waals surface area contributed by atoms with E-state index >= 15 is 0 Å². The predicted molar refractivity (Wildman–Crippen MR) is 142 cm³/mol. The van der Waals surface area contributed by atoms with Crippen LogP contribution in [0.5, 0.6) is 11.5 Å². The zero-order valence-corrected chi connectivity index (χ0v) is 21.6. The molecule has 2 aromatic carbocycles. The first-order valence-corrected chi connectivity index (χ1v) is 12.3. The molecule has 1 aliphatic rings. The number of esters is 1. The lowest BCUT2D eigenvalue weighted by atomic mass is 9.89. The summed E-state index contributed by atoms with van der Waals surface area (Å²) in [6.45, 7) is 2.83. The van der Waals surface area contributed by atoms with Gasteiger partial charge >= 0.3 is 5.97 Å². The third-order valence-electron chi connectivity index (χ3n) is 6.48. The van der Waals surface area contributed by atoms with E-state index in [0.717, 1.165) is 6.08 Å². The summed E-state index contributed by atoms with van der Waals surface area (Å²) in [4.78, 5) is 25.9. The van der Waals surface area contributed by atoms with E-state index in [0.29, 0.717) is 11.1 Å². The van der Waals surface area contributed by atoms with Crippen LogP contribution in [0.4, 0.5) is 0 Å². The number of aromatic hydroxyl groups is 1. The highest BCUT2D eigenvalue weighted by atomic mass is 16.6. The molecule has 1 fully saturated rings. The van der Waals surface area contributed by atoms with Crippen LogP contribution in [0.3, 0.4) is 0 Å². The van der Waals surface area contributed by atoms with Crippen molar-refractivity contribution in [1.82, 2.24) is 0 Å². The normalized spacial score (nSPS) is 23.5. The first-order chi connectivity index (χ1) is 18.7. The Kier molecular flexibility index (Phi) is 8.51. The number of phenolic OH excluding ortho intramolecular Hbond substituents is 1. The van der Waals surface area contributed by atoms with Gasteiger partial charge in [0.25, 0.3) is 0 Å². The third-order valence-corrected chi connectivity index (χ3v) is 6.48. The first kappa shape index (κ1) is 28.1. The Balaban J connectivity index is 1.83. The summed E-state index contributed by atoms with van der Waals surface area (Å²) in [6, 6.07) is 9.02. The van der Waals surface area contributed by atoms with Crippen molar-refractivity contribution in [2.24, 2.45) is 0 Å². The minimum atomic E-state index is -1.67. The van der Waals surface area contributed by atoms with E-state index in [2.05, 4.69) is 0 Å². The molecule has 4 N–H and O–H groups in total. The van der Waals surface area contributed by atoms with Gasteiger partial charge in [-0.3, -0.25) is 4.79 Å². The summed E-state index contributed by atoms with van der Waals surface area (Å²) in [6.07, 6.45) is -1.40. The number of allylic oxidation sites excluding steroid dienone is 1. The maximum atomic E-state index is 13.1. The molecule has 0 amide bonds. The summed E-state index contributed by atoms with van der Waals surface area (Å²) in [5.74, 6) is -0.311. The van der Waals surface area contributed by atoms with E-state index in [1.54, 1.807) is 44.2 Å². The lowest BCUT2D eigenvalue weighted by Crippen LogP contribution is -2.56. The quantitative estimate of drug-likeness (QED) is 0.261.